The molecule has 178 valence electrons. The van der Waals surface area contributed by atoms with Crippen LogP contribution in [0.2, 0.25) is 0 Å². The predicted molar refractivity (Wildman–Crippen MR) is 140 cm³/mol. The molecule has 3 atom stereocenters. The molecular weight excluding hydrogens is 452 g/mol. The molecule has 3 rings (SSSR count). The number of Topliss-reactive ketones (excluding diaryl/α,β-unsaturated/α-hetero) is 1. The lowest BCUT2D eigenvalue weighted by atomic mass is 9.93. The predicted octanol–water partition coefficient (Wildman–Crippen LogP) is 5.46. The highest BCUT2D eigenvalue weighted by Gasteiger charge is 2.33. The molecule has 0 saturated heterocycles. The van der Waals surface area contributed by atoms with E-state index in [2.05, 4.69) is 41.1 Å². The third-order valence-corrected chi connectivity index (χ3v) is 8.56. The molecule has 0 spiro atoms. The monoisotopic (exact) mass is 486 g/mol. The number of aryl methyl sites for hydroxylation is 1. The fourth-order valence-electron chi connectivity index (χ4n) is 4.05. The zero-order valence-corrected chi connectivity index (χ0v) is 21.1. The molecule has 1 fully saturated rings. The first-order valence-electron chi connectivity index (χ1n) is 11.6. The zero-order valence-electron chi connectivity index (χ0n) is 19.5. The van der Waals surface area contributed by atoms with Crippen LogP contribution in [0.5, 0.6) is 0 Å². The Morgan fingerprint density at radius 3 is 2.79 bits per heavy atom. The van der Waals surface area contributed by atoms with Crippen molar-refractivity contribution in [3.8, 4) is 0 Å². The second-order valence-corrected chi connectivity index (χ2v) is 11.2. The van der Waals surface area contributed by atoms with Crippen LogP contribution in [0.1, 0.15) is 38.2 Å². The number of hydrogen-bond donors (Lipinski definition) is 1. The van der Waals surface area contributed by atoms with Crippen molar-refractivity contribution in [1.82, 2.24) is 0 Å². The number of rotatable bonds is 12. The smallest absolute Gasteiger partial charge is 0.315 e. The highest BCUT2D eigenvalue weighted by molar-refractivity contribution is 8.01. The van der Waals surface area contributed by atoms with E-state index < -0.39 is 5.60 Å². The molecule has 0 aromatic heterocycles. The van der Waals surface area contributed by atoms with E-state index in [1.165, 1.54) is 23.4 Å². The maximum Gasteiger partial charge on any atom is 0.315 e. The lowest BCUT2D eigenvalue weighted by molar-refractivity contribution is -0.137. The van der Waals surface area contributed by atoms with Gasteiger partial charge in [0.25, 0.3) is 0 Å². The quantitative estimate of drug-likeness (QED) is 0.244. The topological polar surface area (TPSA) is 63.6 Å². The third-order valence-electron chi connectivity index (χ3n) is 6.04. The molecule has 6 heteroatoms. The SMILES string of the molecule is COC(=O)CSCCCS[C@H]1C(=O)CC[C@@H]1/C=C/C(C)(O)CCc1ccc2ccccc2c1. The van der Waals surface area contributed by atoms with E-state index in [0.29, 0.717) is 24.4 Å². The lowest BCUT2D eigenvalue weighted by Crippen LogP contribution is -2.23. The van der Waals surface area contributed by atoms with Gasteiger partial charge in [0.2, 0.25) is 0 Å². The van der Waals surface area contributed by atoms with Crippen LogP contribution >= 0.6 is 23.5 Å². The molecule has 0 bridgehead atoms. The number of ether oxygens (including phenoxy) is 1. The van der Waals surface area contributed by atoms with E-state index >= 15 is 0 Å². The molecule has 2 aromatic carbocycles. The van der Waals surface area contributed by atoms with E-state index in [1.807, 2.05) is 25.1 Å². The van der Waals surface area contributed by atoms with E-state index in [0.717, 1.165) is 30.8 Å². The number of thioether (sulfide) groups is 2. The molecule has 0 amide bonds. The number of esters is 1. The molecule has 0 aliphatic heterocycles. The van der Waals surface area contributed by atoms with Gasteiger partial charge in [-0.1, -0.05) is 54.6 Å². The number of methoxy groups -OCH3 is 1. The number of carbonyl (C=O) groups is 2. The molecule has 1 N–H and O–H groups in total. The first-order chi connectivity index (χ1) is 15.9. The second kappa shape index (κ2) is 12.6. The van der Waals surface area contributed by atoms with Gasteiger partial charge in [0, 0.05) is 6.42 Å². The van der Waals surface area contributed by atoms with Gasteiger partial charge in [0.15, 0.2) is 0 Å². The summed E-state index contributed by atoms with van der Waals surface area (Å²) in [4.78, 5) is 23.5. The highest BCUT2D eigenvalue weighted by Crippen LogP contribution is 2.34. The van der Waals surface area contributed by atoms with Crippen LogP contribution < -0.4 is 0 Å². The minimum Gasteiger partial charge on any atom is -0.468 e. The van der Waals surface area contributed by atoms with Gasteiger partial charge in [-0.2, -0.15) is 11.8 Å². The minimum atomic E-state index is -0.906. The Morgan fingerprint density at radius 1 is 1.21 bits per heavy atom. The Bertz CT molecular complexity index is 970. The standard InChI is InChI=1S/C27H34O4S2/c1-27(30,14-12-20-8-9-21-6-3-4-7-23(21)18-20)15-13-22-10-11-24(28)26(22)33-17-5-16-32-19-25(29)31-2/h3-4,6-9,13,15,18,22,26,30H,5,10-12,14,16-17,19H2,1-2H3/b15-13+/t22-,26-,27?/m1/s1. The summed E-state index contributed by atoms with van der Waals surface area (Å²) in [7, 11) is 1.40. The Morgan fingerprint density at radius 2 is 2.00 bits per heavy atom. The highest BCUT2D eigenvalue weighted by atomic mass is 32.2. The molecule has 0 radical (unpaired) electrons. The molecule has 1 saturated carbocycles. The van der Waals surface area contributed by atoms with Crippen molar-refractivity contribution in [2.45, 2.75) is 49.9 Å². The van der Waals surface area contributed by atoms with Crippen LogP contribution in [-0.4, -0.2) is 52.1 Å². The largest absolute Gasteiger partial charge is 0.468 e. The van der Waals surface area contributed by atoms with Gasteiger partial charge in [-0.25, -0.2) is 0 Å². The fraction of sp³-hybridized carbons (Fsp3) is 0.481. The average molecular weight is 487 g/mol. The number of carbonyl (C=O) groups excluding carboxylic acids is 2. The van der Waals surface area contributed by atoms with E-state index in [-0.39, 0.29) is 17.1 Å². The van der Waals surface area contributed by atoms with Gasteiger partial charge >= 0.3 is 5.97 Å². The molecule has 1 unspecified atom stereocenters. The van der Waals surface area contributed by atoms with Crippen molar-refractivity contribution in [1.29, 1.82) is 0 Å². The van der Waals surface area contributed by atoms with Crippen molar-refractivity contribution < 1.29 is 19.4 Å². The van der Waals surface area contributed by atoms with Crippen molar-refractivity contribution >= 4 is 46.0 Å². The molecule has 4 nitrogen and oxygen atoms in total. The number of hydrogen-bond acceptors (Lipinski definition) is 6. The Hall–Kier alpha value is -1.76. The van der Waals surface area contributed by atoms with Crippen LogP contribution in [0.4, 0.5) is 0 Å². The summed E-state index contributed by atoms with van der Waals surface area (Å²) in [5.41, 5.74) is 0.314. The first-order valence-corrected chi connectivity index (χ1v) is 13.8. The average Bonchev–Trinajstić information content (AvgIpc) is 3.17. The molecule has 0 heterocycles. The summed E-state index contributed by atoms with van der Waals surface area (Å²) in [5, 5.41) is 13.3. The summed E-state index contributed by atoms with van der Waals surface area (Å²) in [6.07, 6.45) is 7.82. The third kappa shape index (κ3) is 8.20. The van der Waals surface area contributed by atoms with Crippen LogP contribution in [0.25, 0.3) is 10.8 Å². The number of ketones is 1. The molecule has 33 heavy (non-hydrogen) atoms. The number of benzene rings is 2. The Labute approximate surface area is 205 Å². The molecular formula is C27H34O4S2. The van der Waals surface area contributed by atoms with Crippen molar-refractivity contribution in [2.24, 2.45) is 5.92 Å². The first kappa shape index (κ1) is 25.9. The van der Waals surface area contributed by atoms with Gasteiger partial charge in [-0.15, -0.1) is 11.8 Å². The van der Waals surface area contributed by atoms with Crippen molar-refractivity contribution in [3.63, 3.8) is 0 Å². The maximum atomic E-state index is 12.4. The fourth-order valence-corrected chi connectivity index (χ4v) is 6.35. The Balaban J connectivity index is 1.46. The number of aliphatic hydroxyl groups is 1. The van der Waals surface area contributed by atoms with Gasteiger partial charge in [0.05, 0.1) is 23.7 Å². The number of fused-ring (bicyclic) bond motifs is 1. The summed E-state index contributed by atoms with van der Waals surface area (Å²) in [6.45, 7) is 1.85. The summed E-state index contributed by atoms with van der Waals surface area (Å²) in [6, 6.07) is 14.8. The van der Waals surface area contributed by atoms with Crippen LogP contribution in [0.15, 0.2) is 54.6 Å². The number of allylic oxidation sites excluding steroid dienone is 1. The van der Waals surface area contributed by atoms with Crippen LogP contribution in [-0.2, 0) is 20.7 Å². The second-order valence-electron chi connectivity index (χ2n) is 8.84. The van der Waals surface area contributed by atoms with Crippen molar-refractivity contribution in [2.75, 3.05) is 24.4 Å². The summed E-state index contributed by atoms with van der Waals surface area (Å²) in [5.74, 6) is 2.45. The minimum absolute atomic E-state index is 0.0249. The zero-order chi connectivity index (χ0) is 23.7. The molecule has 1 aliphatic rings. The Kier molecular flexibility index (Phi) is 9.90. The van der Waals surface area contributed by atoms with Crippen LogP contribution in [0.3, 0.4) is 0 Å². The van der Waals surface area contributed by atoms with Crippen molar-refractivity contribution in [3.05, 3.63) is 60.2 Å². The van der Waals surface area contributed by atoms with E-state index in [9.17, 15) is 14.7 Å². The van der Waals surface area contributed by atoms with E-state index in [1.54, 1.807) is 23.5 Å². The van der Waals surface area contributed by atoms with Crippen LogP contribution in [0, 0.1) is 5.92 Å². The van der Waals surface area contributed by atoms with Gasteiger partial charge < -0.3 is 9.84 Å². The molecule has 2 aromatic rings. The lowest BCUT2D eigenvalue weighted by Gasteiger charge is -2.21. The van der Waals surface area contributed by atoms with Gasteiger partial charge in [-0.05, 0) is 66.4 Å². The van der Waals surface area contributed by atoms with Gasteiger partial charge in [-0.3, -0.25) is 9.59 Å². The summed E-state index contributed by atoms with van der Waals surface area (Å²) < 4.78 is 4.64. The normalized spacial score (nSPS) is 20.4. The van der Waals surface area contributed by atoms with E-state index in [4.69, 9.17) is 0 Å². The maximum absolute atomic E-state index is 12.4. The molecule has 1 aliphatic carbocycles. The van der Waals surface area contributed by atoms with Gasteiger partial charge in [0.1, 0.15) is 5.78 Å². The summed E-state index contributed by atoms with van der Waals surface area (Å²) >= 11 is 3.28.